The fourth-order valence-electron chi connectivity index (χ4n) is 1.96. The Labute approximate surface area is 146 Å². The Morgan fingerprint density at radius 3 is 2.60 bits per heavy atom. The molecule has 25 heavy (non-hydrogen) atoms. The summed E-state index contributed by atoms with van der Waals surface area (Å²) in [4.78, 5) is 15.1. The number of pyridine rings is 1. The summed E-state index contributed by atoms with van der Waals surface area (Å²) >= 11 is 5.84. The highest BCUT2D eigenvalue weighted by Crippen LogP contribution is 2.35. The van der Waals surface area contributed by atoms with Gasteiger partial charge < -0.3 is 9.47 Å². The minimum atomic E-state index is -4.55. The van der Waals surface area contributed by atoms with E-state index in [0.717, 1.165) is 6.07 Å². The minimum absolute atomic E-state index is 0.140. The Bertz CT molecular complexity index is 806. The lowest BCUT2D eigenvalue weighted by atomic mass is 10.1. The van der Waals surface area contributed by atoms with Crippen molar-refractivity contribution in [1.29, 1.82) is 0 Å². The van der Waals surface area contributed by atoms with Crippen LogP contribution in [0.1, 0.15) is 11.1 Å². The molecular weight excluding hydrogens is 359 g/mol. The van der Waals surface area contributed by atoms with Gasteiger partial charge in [-0.3, -0.25) is 0 Å². The van der Waals surface area contributed by atoms with Gasteiger partial charge in [-0.1, -0.05) is 36.4 Å². The summed E-state index contributed by atoms with van der Waals surface area (Å²) in [5.74, 6) is -0.451. The van der Waals surface area contributed by atoms with Gasteiger partial charge >= 0.3 is 12.1 Å². The van der Waals surface area contributed by atoms with Crippen LogP contribution in [-0.4, -0.2) is 18.1 Å². The lowest BCUT2D eigenvalue weighted by molar-refractivity contribution is -0.138. The quantitative estimate of drug-likeness (QED) is 0.558. The number of carbonyl (C=O) groups is 1. The zero-order chi connectivity index (χ0) is 18.6. The van der Waals surface area contributed by atoms with E-state index in [1.165, 1.54) is 7.11 Å². The second kappa shape index (κ2) is 7.57. The molecule has 0 atom stereocenters. The average molecular weight is 372 g/mol. The zero-order valence-electron chi connectivity index (χ0n) is 13.1. The molecule has 0 amide bonds. The van der Waals surface area contributed by atoms with E-state index >= 15 is 0 Å². The van der Waals surface area contributed by atoms with Crippen LogP contribution in [0.3, 0.4) is 0 Å². The largest absolute Gasteiger partial charge is 0.466 e. The number of carbonyl (C=O) groups excluding carboxylic acids is 1. The van der Waals surface area contributed by atoms with Crippen molar-refractivity contribution in [3.63, 3.8) is 0 Å². The number of esters is 1. The van der Waals surface area contributed by atoms with Crippen molar-refractivity contribution in [2.45, 2.75) is 12.6 Å². The molecule has 2 aromatic rings. The van der Waals surface area contributed by atoms with Crippen LogP contribution >= 0.6 is 11.6 Å². The number of alkyl halides is 3. The lowest BCUT2D eigenvalue weighted by Crippen LogP contribution is -2.07. The maximum Gasteiger partial charge on any atom is 0.417 e. The molecule has 0 saturated carbocycles. The first-order chi connectivity index (χ1) is 11.7. The summed E-state index contributed by atoms with van der Waals surface area (Å²) in [5.41, 5.74) is -0.196. The highest BCUT2D eigenvalue weighted by molar-refractivity contribution is 6.31. The van der Waals surface area contributed by atoms with Gasteiger partial charge in [-0.2, -0.15) is 13.2 Å². The van der Waals surface area contributed by atoms with Gasteiger partial charge in [-0.25, -0.2) is 9.78 Å². The molecule has 0 unspecified atom stereocenters. The molecule has 132 valence electrons. The maximum absolute atomic E-state index is 12.7. The molecule has 0 radical (unpaired) electrons. The highest BCUT2D eigenvalue weighted by atomic mass is 35.5. The maximum atomic E-state index is 12.7. The molecule has 0 bridgehead atoms. The van der Waals surface area contributed by atoms with Gasteiger partial charge in [0.05, 0.1) is 12.7 Å². The number of para-hydroxylation sites is 1. The Kier molecular flexibility index (Phi) is 5.69. The van der Waals surface area contributed by atoms with Crippen molar-refractivity contribution in [1.82, 2.24) is 4.98 Å². The van der Waals surface area contributed by atoms with E-state index in [-0.39, 0.29) is 22.9 Å². The third kappa shape index (κ3) is 4.73. The molecule has 1 heterocycles. The number of benzene rings is 1. The van der Waals surface area contributed by atoms with Crippen LogP contribution in [0.4, 0.5) is 13.2 Å². The molecule has 0 spiro atoms. The number of methoxy groups -OCH3 is 1. The Morgan fingerprint density at radius 2 is 2.00 bits per heavy atom. The number of nitrogens with zero attached hydrogens (tertiary/aromatic N) is 1. The van der Waals surface area contributed by atoms with E-state index in [2.05, 4.69) is 16.3 Å². The van der Waals surface area contributed by atoms with Crippen LogP contribution in [0.15, 0.2) is 48.7 Å². The topological polar surface area (TPSA) is 48.4 Å². The predicted octanol–water partition coefficient (Wildman–Crippen LogP) is 4.82. The number of aromatic nitrogens is 1. The standard InChI is InChI=1S/C17H13ClF3NO3/c1-10(16(23)24-2)7-11-5-3-4-6-14(11)25-15-13(18)8-12(9-22-15)17(19,20)21/h3-6,8-9H,1,7H2,2H3. The van der Waals surface area contributed by atoms with E-state index in [1.807, 2.05) is 0 Å². The normalized spacial score (nSPS) is 11.1. The highest BCUT2D eigenvalue weighted by Gasteiger charge is 2.31. The molecule has 4 nitrogen and oxygen atoms in total. The second-order valence-corrected chi connectivity index (χ2v) is 5.40. The minimum Gasteiger partial charge on any atom is -0.466 e. The molecular formula is C17H13ClF3NO3. The van der Waals surface area contributed by atoms with Crippen molar-refractivity contribution in [2.75, 3.05) is 7.11 Å². The second-order valence-electron chi connectivity index (χ2n) is 4.99. The first-order valence-electron chi connectivity index (χ1n) is 6.97. The molecule has 0 saturated heterocycles. The van der Waals surface area contributed by atoms with Crippen LogP contribution < -0.4 is 4.74 Å². The third-order valence-electron chi connectivity index (χ3n) is 3.19. The van der Waals surface area contributed by atoms with Gasteiger partial charge in [0.15, 0.2) is 0 Å². The number of halogens is 4. The first-order valence-corrected chi connectivity index (χ1v) is 7.34. The van der Waals surface area contributed by atoms with Crippen molar-refractivity contribution in [3.05, 3.63) is 64.8 Å². The van der Waals surface area contributed by atoms with Gasteiger partial charge in [-0.15, -0.1) is 0 Å². The van der Waals surface area contributed by atoms with E-state index < -0.39 is 17.7 Å². The van der Waals surface area contributed by atoms with Crippen LogP contribution in [0.25, 0.3) is 0 Å². The van der Waals surface area contributed by atoms with Crippen molar-refractivity contribution < 1.29 is 27.4 Å². The summed E-state index contributed by atoms with van der Waals surface area (Å²) in [5, 5.41) is -0.281. The molecule has 0 fully saturated rings. The number of hydrogen-bond donors (Lipinski definition) is 0. The van der Waals surface area contributed by atoms with Crippen molar-refractivity contribution in [2.24, 2.45) is 0 Å². The van der Waals surface area contributed by atoms with Crippen molar-refractivity contribution in [3.8, 4) is 11.6 Å². The van der Waals surface area contributed by atoms with Gasteiger partial charge in [0.1, 0.15) is 10.8 Å². The third-order valence-corrected chi connectivity index (χ3v) is 3.46. The molecule has 1 aromatic carbocycles. The molecule has 0 aliphatic heterocycles. The van der Waals surface area contributed by atoms with E-state index in [4.69, 9.17) is 16.3 Å². The monoisotopic (exact) mass is 371 g/mol. The Hall–Kier alpha value is -2.54. The number of ether oxygens (including phenoxy) is 2. The Morgan fingerprint density at radius 1 is 1.32 bits per heavy atom. The number of rotatable bonds is 5. The van der Waals surface area contributed by atoms with E-state index in [1.54, 1.807) is 24.3 Å². The lowest BCUT2D eigenvalue weighted by Gasteiger charge is -2.13. The molecule has 1 aromatic heterocycles. The summed E-state index contributed by atoms with van der Waals surface area (Å²) in [6.07, 6.45) is -3.77. The molecule has 2 rings (SSSR count). The molecule has 0 aliphatic carbocycles. The van der Waals surface area contributed by atoms with E-state index in [0.29, 0.717) is 17.5 Å². The van der Waals surface area contributed by atoms with Crippen LogP contribution in [0.2, 0.25) is 5.02 Å². The van der Waals surface area contributed by atoms with Crippen LogP contribution in [0, 0.1) is 0 Å². The molecule has 0 aliphatic rings. The summed E-state index contributed by atoms with van der Waals surface area (Å²) in [6.45, 7) is 3.63. The smallest absolute Gasteiger partial charge is 0.417 e. The predicted molar refractivity (Wildman–Crippen MR) is 85.6 cm³/mol. The van der Waals surface area contributed by atoms with Gasteiger partial charge in [0, 0.05) is 18.2 Å². The number of hydrogen-bond acceptors (Lipinski definition) is 4. The Balaban J connectivity index is 2.27. The van der Waals surface area contributed by atoms with Crippen LogP contribution in [0.5, 0.6) is 11.6 Å². The van der Waals surface area contributed by atoms with Gasteiger partial charge in [-0.05, 0) is 17.7 Å². The van der Waals surface area contributed by atoms with Gasteiger partial charge in [0.25, 0.3) is 0 Å². The average Bonchev–Trinajstić information content (AvgIpc) is 2.56. The summed E-state index contributed by atoms with van der Waals surface area (Å²) in [7, 11) is 1.24. The van der Waals surface area contributed by atoms with Gasteiger partial charge in [0.2, 0.25) is 5.88 Å². The summed E-state index contributed by atoms with van der Waals surface area (Å²) < 4.78 is 48.1. The van der Waals surface area contributed by atoms with E-state index in [9.17, 15) is 18.0 Å². The zero-order valence-corrected chi connectivity index (χ0v) is 13.8. The fourth-order valence-corrected chi connectivity index (χ4v) is 2.16. The van der Waals surface area contributed by atoms with Crippen LogP contribution in [-0.2, 0) is 22.1 Å². The molecule has 8 heteroatoms. The fraction of sp³-hybridized carbons (Fsp3) is 0.176. The SMILES string of the molecule is C=C(Cc1ccccc1Oc1ncc(C(F)(F)F)cc1Cl)C(=O)OC. The first kappa shape index (κ1) is 18.8. The summed E-state index contributed by atoms with van der Waals surface area (Å²) in [6, 6.07) is 7.38. The molecule has 0 N–H and O–H groups in total. The van der Waals surface area contributed by atoms with Crippen molar-refractivity contribution >= 4 is 17.6 Å².